The number of aromatic nitrogens is 2. The van der Waals surface area contributed by atoms with Gasteiger partial charge in [-0.3, -0.25) is 9.69 Å². The highest BCUT2D eigenvalue weighted by Gasteiger charge is 2.32. The number of imidazole rings is 1. The van der Waals surface area contributed by atoms with Gasteiger partial charge < -0.3 is 9.30 Å². The number of fused-ring (bicyclic) bond motifs is 3. The van der Waals surface area contributed by atoms with Crippen molar-refractivity contribution in [3.8, 4) is 28.4 Å². The van der Waals surface area contributed by atoms with Crippen molar-refractivity contribution in [1.82, 2.24) is 9.55 Å². The van der Waals surface area contributed by atoms with Crippen LogP contribution in [0, 0.1) is 0 Å². The minimum Gasteiger partial charge on any atom is -0.406 e. The normalized spacial score (nSPS) is 15.8. The van der Waals surface area contributed by atoms with Gasteiger partial charge in [-0.15, -0.1) is 18.3 Å². The molecular weight excluding hydrogens is 551 g/mol. The number of anilines is 1. The van der Waals surface area contributed by atoms with Crippen molar-refractivity contribution >= 4 is 34.7 Å². The van der Waals surface area contributed by atoms with Crippen LogP contribution in [0.1, 0.15) is 36.5 Å². The van der Waals surface area contributed by atoms with Crippen LogP contribution in [0.25, 0.3) is 22.6 Å². The standard InChI is InChI=1S/C30H24F3N5O2S/c1-18(2)23-5-3-4-6-25(23)38-27(39)17-41-29(38)36-35-14-19-7-12-24-21(13-19)16-37-26(15-34-28(24)37)20-8-10-22(11-9-20)40-30(31,32)33/h3-15,18H,16-17H2,1-2H3/b35-14+,36-29-. The van der Waals surface area contributed by atoms with Gasteiger partial charge in [-0.05, 0) is 59.0 Å². The van der Waals surface area contributed by atoms with Gasteiger partial charge in [-0.25, -0.2) is 4.98 Å². The van der Waals surface area contributed by atoms with Gasteiger partial charge in [0.25, 0.3) is 0 Å². The summed E-state index contributed by atoms with van der Waals surface area (Å²) in [5.74, 6) is 1.05. The fraction of sp³-hybridized carbons (Fsp3) is 0.200. The molecule has 2 aliphatic heterocycles. The number of halogens is 3. The lowest BCUT2D eigenvalue weighted by atomic mass is 10.0. The highest BCUT2D eigenvalue weighted by Crippen LogP contribution is 2.37. The number of carbonyl (C=O) groups is 1. The van der Waals surface area contributed by atoms with E-state index in [9.17, 15) is 18.0 Å². The monoisotopic (exact) mass is 575 g/mol. The van der Waals surface area contributed by atoms with Crippen LogP contribution in [0.4, 0.5) is 18.9 Å². The fourth-order valence-corrected chi connectivity index (χ4v) is 5.83. The van der Waals surface area contributed by atoms with Gasteiger partial charge in [0.15, 0.2) is 5.17 Å². The van der Waals surface area contributed by atoms with E-state index in [4.69, 9.17) is 0 Å². The topological polar surface area (TPSA) is 72.1 Å². The van der Waals surface area contributed by atoms with Crippen LogP contribution >= 0.6 is 11.8 Å². The molecule has 6 rings (SSSR count). The van der Waals surface area contributed by atoms with Crippen molar-refractivity contribution in [2.75, 3.05) is 10.7 Å². The zero-order chi connectivity index (χ0) is 28.7. The van der Waals surface area contributed by atoms with E-state index in [1.165, 1.54) is 23.9 Å². The molecule has 1 aromatic heterocycles. The molecule has 0 atom stereocenters. The molecule has 0 radical (unpaired) electrons. The van der Waals surface area contributed by atoms with Gasteiger partial charge in [0.05, 0.1) is 36.1 Å². The second kappa shape index (κ2) is 10.5. The molecule has 7 nitrogen and oxygen atoms in total. The first kappa shape index (κ1) is 26.8. The first-order chi connectivity index (χ1) is 19.7. The summed E-state index contributed by atoms with van der Waals surface area (Å²) < 4.78 is 43.5. The van der Waals surface area contributed by atoms with E-state index in [2.05, 4.69) is 33.8 Å². The Morgan fingerprint density at radius 3 is 2.61 bits per heavy atom. The Labute approximate surface area is 238 Å². The zero-order valence-electron chi connectivity index (χ0n) is 22.1. The fourth-order valence-electron chi connectivity index (χ4n) is 5.02. The quantitative estimate of drug-likeness (QED) is 0.160. The van der Waals surface area contributed by atoms with Crippen LogP contribution in [0.2, 0.25) is 0 Å². The molecule has 0 spiro atoms. The molecule has 41 heavy (non-hydrogen) atoms. The SMILES string of the molecule is CC(C)c1ccccc1N1C(=O)CS/C1=N\N=C\c1ccc2c(c1)Cn1c(-c3ccc(OC(F)(F)F)cc3)cnc1-2. The third-order valence-corrected chi connectivity index (χ3v) is 7.77. The number of thioether (sulfide) groups is 1. The van der Waals surface area contributed by atoms with E-state index >= 15 is 0 Å². The maximum atomic E-state index is 12.7. The number of hydrogen-bond acceptors (Lipinski definition) is 6. The smallest absolute Gasteiger partial charge is 0.406 e. The molecule has 4 aromatic rings. The molecule has 1 amide bonds. The summed E-state index contributed by atoms with van der Waals surface area (Å²) in [4.78, 5) is 18.9. The second-order valence-corrected chi connectivity index (χ2v) is 10.8. The Bertz CT molecular complexity index is 1690. The number of amides is 1. The summed E-state index contributed by atoms with van der Waals surface area (Å²) in [7, 11) is 0. The Morgan fingerprint density at radius 1 is 1.07 bits per heavy atom. The number of amidine groups is 1. The number of alkyl halides is 3. The van der Waals surface area contributed by atoms with Crippen LogP contribution in [0.5, 0.6) is 5.75 Å². The summed E-state index contributed by atoms with van der Waals surface area (Å²) >= 11 is 1.36. The van der Waals surface area contributed by atoms with Crippen molar-refractivity contribution < 1.29 is 22.7 Å². The number of rotatable bonds is 6. The number of para-hydroxylation sites is 1. The highest BCUT2D eigenvalue weighted by atomic mass is 32.2. The molecule has 1 fully saturated rings. The predicted octanol–water partition coefficient (Wildman–Crippen LogP) is 7.07. The number of carbonyl (C=O) groups excluding carboxylic acids is 1. The van der Waals surface area contributed by atoms with Gasteiger partial charge >= 0.3 is 6.36 Å². The van der Waals surface area contributed by atoms with Gasteiger partial charge in [0, 0.05) is 11.1 Å². The molecule has 0 saturated carbocycles. The number of hydrogen-bond donors (Lipinski definition) is 0. The van der Waals surface area contributed by atoms with Crippen molar-refractivity contribution in [3.63, 3.8) is 0 Å². The molecular formula is C30H24F3N5O2S. The summed E-state index contributed by atoms with van der Waals surface area (Å²) in [6.07, 6.45) is -1.36. The minimum absolute atomic E-state index is 0.0256. The predicted molar refractivity (Wildman–Crippen MR) is 154 cm³/mol. The van der Waals surface area contributed by atoms with Crippen LogP contribution in [-0.4, -0.2) is 39.0 Å². The number of benzene rings is 3. The summed E-state index contributed by atoms with van der Waals surface area (Å²) in [5, 5.41) is 9.23. The summed E-state index contributed by atoms with van der Waals surface area (Å²) in [6.45, 7) is 4.74. The van der Waals surface area contributed by atoms with Crippen LogP contribution in [0.15, 0.2) is 83.1 Å². The third kappa shape index (κ3) is 5.37. The maximum absolute atomic E-state index is 12.7. The summed E-state index contributed by atoms with van der Waals surface area (Å²) in [5.41, 5.74) is 6.29. The Kier molecular flexibility index (Phi) is 6.90. The molecule has 0 unspecified atom stereocenters. The number of ether oxygens (including phenoxy) is 1. The molecule has 0 N–H and O–H groups in total. The number of nitrogens with zero attached hydrogens (tertiary/aromatic N) is 5. The van der Waals surface area contributed by atoms with E-state index in [0.717, 1.165) is 45.0 Å². The van der Waals surface area contributed by atoms with Gasteiger partial charge in [-0.1, -0.05) is 55.9 Å². The van der Waals surface area contributed by atoms with Gasteiger partial charge in [0.2, 0.25) is 5.91 Å². The molecule has 3 aromatic carbocycles. The average molecular weight is 576 g/mol. The van der Waals surface area contributed by atoms with Gasteiger partial charge in [-0.2, -0.15) is 5.10 Å². The lowest BCUT2D eigenvalue weighted by Crippen LogP contribution is -2.30. The van der Waals surface area contributed by atoms with Crippen LogP contribution < -0.4 is 9.64 Å². The Balaban J connectivity index is 1.20. The van der Waals surface area contributed by atoms with Crippen molar-refractivity contribution in [1.29, 1.82) is 0 Å². The minimum atomic E-state index is -4.74. The largest absolute Gasteiger partial charge is 0.573 e. The molecule has 0 aliphatic carbocycles. The van der Waals surface area contributed by atoms with Crippen molar-refractivity contribution in [2.24, 2.45) is 10.2 Å². The summed E-state index contributed by atoms with van der Waals surface area (Å²) in [6, 6.07) is 19.5. The van der Waals surface area contributed by atoms with E-state index in [1.807, 2.05) is 47.0 Å². The highest BCUT2D eigenvalue weighted by molar-refractivity contribution is 8.15. The average Bonchev–Trinajstić information content (AvgIpc) is 3.61. The second-order valence-electron chi connectivity index (χ2n) is 9.90. The first-order valence-electron chi connectivity index (χ1n) is 12.9. The van der Waals surface area contributed by atoms with E-state index in [0.29, 0.717) is 17.5 Å². The Hall–Kier alpha value is -4.38. The van der Waals surface area contributed by atoms with Crippen LogP contribution in [-0.2, 0) is 11.3 Å². The lowest BCUT2D eigenvalue weighted by Gasteiger charge is -2.20. The van der Waals surface area contributed by atoms with Gasteiger partial charge in [0.1, 0.15) is 11.6 Å². The van der Waals surface area contributed by atoms with Crippen LogP contribution in [0.3, 0.4) is 0 Å². The molecule has 208 valence electrons. The molecule has 1 saturated heterocycles. The molecule has 0 bridgehead atoms. The lowest BCUT2D eigenvalue weighted by molar-refractivity contribution is -0.274. The molecule has 2 aliphatic rings. The van der Waals surface area contributed by atoms with Crippen molar-refractivity contribution in [3.05, 3.63) is 89.6 Å². The van der Waals surface area contributed by atoms with E-state index < -0.39 is 6.36 Å². The molecule has 3 heterocycles. The first-order valence-corrected chi connectivity index (χ1v) is 13.9. The zero-order valence-corrected chi connectivity index (χ0v) is 22.9. The third-order valence-electron chi connectivity index (χ3n) is 6.85. The maximum Gasteiger partial charge on any atom is 0.573 e. The van der Waals surface area contributed by atoms with E-state index in [-0.39, 0.29) is 17.6 Å². The Morgan fingerprint density at radius 2 is 1.85 bits per heavy atom. The molecule has 11 heteroatoms. The van der Waals surface area contributed by atoms with Crippen molar-refractivity contribution in [2.45, 2.75) is 32.7 Å². The van der Waals surface area contributed by atoms with E-state index in [1.54, 1.807) is 29.4 Å².